The van der Waals surface area contributed by atoms with Gasteiger partial charge in [-0.1, -0.05) is 35.9 Å². The molecule has 30 heavy (non-hydrogen) atoms. The van der Waals surface area contributed by atoms with Crippen molar-refractivity contribution in [3.05, 3.63) is 77.1 Å². The van der Waals surface area contributed by atoms with E-state index in [-0.39, 0.29) is 23.5 Å². The van der Waals surface area contributed by atoms with Crippen LogP contribution in [0.3, 0.4) is 0 Å². The van der Waals surface area contributed by atoms with Crippen LogP contribution in [0.1, 0.15) is 28.8 Å². The van der Waals surface area contributed by atoms with Gasteiger partial charge in [0.2, 0.25) is 5.91 Å². The van der Waals surface area contributed by atoms with Gasteiger partial charge in [-0.15, -0.1) is 6.58 Å². The summed E-state index contributed by atoms with van der Waals surface area (Å²) >= 11 is 6.15. The van der Waals surface area contributed by atoms with Crippen LogP contribution in [0.5, 0.6) is 0 Å². The third-order valence-corrected chi connectivity index (χ3v) is 5.51. The number of nitrogens with zero attached hydrogens (tertiary/aromatic N) is 1. The number of hydrogen-bond donors (Lipinski definition) is 2. The summed E-state index contributed by atoms with van der Waals surface area (Å²) in [4.78, 5) is 27.3. The number of likely N-dealkylation sites (tertiary alicyclic amines) is 1. The smallest absolute Gasteiger partial charge is 0.253 e. The predicted molar refractivity (Wildman–Crippen MR) is 117 cm³/mol. The molecular formula is C23H25ClFN3O2. The Bertz CT molecular complexity index is 914. The SMILES string of the molecule is C=CCNC(=O)c1ccccc1NC(=O)C1CCCN(Cc2c(F)cccc2Cl)C1. The third-order valence-electron chi connectivity index (χ3n) is 5.16. The Balaban J connectivity index is 1.66. The van der Waals surface area contributed by atoms with Gasteiger partial charge in [-0.05, 0) is 43.7 Å². The van der Waals surface area contributed by atoms with Crippen molar-refractivity contribution in [1.29, 1.82) is 0 Å². The molecule has 7 heteroatoms. The van der Waals surface area contributed by atoms with Crippen LogP contribution in [0.2, 0.25) is 5.02 Å². The van der Waals surface area contributed by atoms with Gasteiger partial charge in [-0.3, -0.25) is 14.5 Å². The molecule has 158 valence electrons. The topological polar surface area (TPSA) is 61.4 Å². The molecule has 0 bridgehead atoms. The zero-order valence-corrected chi connectivity index (χ0v) is 17.4. The van der Waals surface area contributed by atoms with E-state index in [2.05, 4.69) is 17.2 Å². The van der Waals surface area contributed by atoms with E-state index in [0.717, 1.165) is 19.4 Å². The number of para-hydroxylation sites is 1. The minimum absolute atomic E-state index is 0.150. The zero-order valence-electron chi connectivity index (χ0n) is 16.7. The maximum Gasteiger partial charge on any atom is 0.253 e. The third kappa shape index (κ3) is 5.46. The molecule has 0 spiro atoms. The molecule has 0 radical (unpaired) electrons. The Hall–Kier alpha value is -2.70. The molecule has 1 heterocycles. The van der Waals surface area contributed by atoms with E-state index in [4.69, 9.17) is 11.6 Å². The number of hydrogen-bond acceptors (Lipinski definition) is 3. The van der Waals surface area contributed by atoms with Crippen molar-refractivity contribution in [2.45, 2.75) is 19.4 Å². The molecule has 3 rings (SSSR count). The van der Waals surface area contributed by atoms with Gasteiger partial charge in [-0.25, -0.2) is 4.39 Å². The second kappa shape index (κ2) is 10.4. The van der Waals surface area contributed by atoms with E-state index in [1.165, 1.54) is 6.07 Å². The van der Waals surface area contributed by atoms with Gasteiger partial charge in [-0.2, -0.15) is 0 Å². The maximum atomic E-state index is 14.1. The summed E-state index contributed by atoms with van der Waals surface area (Å²) in [7, 11) is 0. The molecule has 1 fully saturated rings. The Morgan fingerprint density at radius 1 is 1.23 bits per heavy atom. The highest BCUT2D eigenvalue weighted by Crippen LogP contribution is 2.25. The first kappa shape index (κ1) is 22.0. The van der Waals surface area contributed by atoms with Crippen LogP contribution >= 0.6 is 11.6 Å². The standard InChI is InChI=1S/C23H25ClFN3O2/c1-2-12-26-23(30)17-8-3-4-11-21(17)27-22(29)16-7-6-13-28(14-16)15-18-19(24)9-5-10-20(18)25/h2-5,8-11,16H,1,6-7,12-15H2,(H,26,30)(H,27,29). The summed E-state index contributed by atoms with van der Waals surface area (Å²) in [5.74, 6) is -1.02. The van der Waals surface area contributed by atoms with Crippen molar-refractivity contribution in [3.63, 3.8) is 0 Å². The summed E-state index contributed by atoms with van der Waals surface area (Å²) in [5.41, 5.74) is 1.32. The molecule has 5 nitrogen and oxygen atoms in total. The zero-order chi connectivity index (χ0) is 21.5. The van der Waals surface area contributed by atoms with Crippen molar-refractivity contribution < 1.29 is 14.0 Å². The van der Waals surface area contributed by atoms with Gasteiger partial charge in [0.25, 0.3) is 5.91 Å². The van der Waals surface area contributed by atoms with E-state index in [1.54, 1.807) is 42.5 Å². The first-order valence-electron chi connectivity index (χ1n) is 9.94. The highest BCUT2D eigenvalue weighted by molar-refractivity contribution is 6.31. The normalized spacial score (nSPS) is 16.7. The second-order valence-electron chi connectivity index (χ2n) is 7.31. The monoisotopic (exact) mass is 429 g/mol. The van der Waals surface area contributed by atoms with Gasteiger partial charge in [0.15, 0.2) is 0 Å². The van der Waals surface area contributed by atoms with Crippen LogP contribution in [-0.4, -0.2) is 36.3 Å². The maximum absolute atomic E-state index is 14.1. The first-order valence-corrected chi connectivity index (χ1v) is 10.3. The van der Waals surface area contributed by atoms with Crippen molar-refractivity contribution in [2.24, 2.45) is 5.92 Å². The molecule has 0 aromatic heterocycles. The highest BCUT2D eigenvalue weighted by atomic mass is 35.5. The summed E-state index contributed by atoms with van der Waals surface area (Å²) in [5, 5.41) is 6.00. The van der Waals surface area contributed by atoms with Crippen LogP contribution in [0, 0.1) is 11.7 Å². The number of piperidine rings is 1. The minimum Gasteiger partial charge on any atom is -0.349 e. The molecule has 2 N–H and O–H groups in total. The first-order chi connectivity index (χ1) is 14.5. The van der Waals surface area contributed by atoms with Crippen molar-refractivity contribution in [2.75, 3.05) is 25.0 Å². The minimum atomic E-state index is -0.339. The summed E-state index contributed by atoms with van der Waals surface area (Å²) in [6.07, 6.45) is 3.15. The van der Waals surface area contributed by atoms with E-state index in [0.29, 0.717) is 41.5 Å². The molecule has 0 aliphatic carbocycles. The van der Waals surface area contributed by atoms with Crippen molar-refractivity contribution in [1.82, 2.24) is 10.2 Å². The molecule has 1 saturated heterocycles. The summed E-state index contributed by atoms with van der Waals surface area (Å²) < 4.78 is 14.1. The van der Waals surface area contributed by atoms with Gasteiger partial charge < -0.3 is 10.6 Å². The average Bonchev–Trinajstić information content (AvgIpc) is 2.75. The van der Waals surface area contributed by atoms with E-state index in [9.17, 15) is 14.0 Å². The molecule has 1 unspecified atom stereocenters. The largest absolute Gasteiger partial charge is 0.349 e. The van der Waals surface area contributed by atoms with Gasteiger partial charge in [0.05, 0.1) is 17.2 Å². The van der Waals surface area contributed by atoms with Gasteiger partial charge in [0, 0.05) is 30.2 Å². The number of carbonyl (C=O) groups excluding carboxylic acids is 2. The Morgan fingerprint density at radius 2 is 2.03 bits per heavy atom. The average molecular weight is 430 g/mol. The summed E-state index contributed by atoms with van der Waals surface area (Å²) in [6.45, 7) is 5.56. The number of nitrogens with one attached hydrogen (secondary N) is 2. The lowest BCUT2D eigenvalue weighted by Crippen LogP contribution is -2.40. The molecule has 2 aromatic carbocycles. The van der Waals surface area contributed by atoms with Gasteiger partial charge in [0.1, 0.15) is 5.82 Å². The van der Waals surface area contributed by atoms with Crippen molar-refractivity contribution >= 4 is 29.1 Å². The van der Waals surface area contributed by atoms with Crippen LogP contribution in [0.25, 0.3) is 0 Å². The fourth-order valence-electron chi connectivity index (χ4n) is 3.61. The Labute approximate surface area is 180 Å². The molecular weight excluding hydrogens is 405 g/mol. The number of anilines is 1. The Morgan fingerprint density at radius 3 is 2.80 bits per heavy atom. The van der Waals surface area contributed by atoms with E-state index in [1.807, 2.05) is 4.90 Å². The van der Waals surface area contributed by atoms with Crippen LogP contribution in [0.4, 0.5) is 10.1 Å². The fraction of sp³-hybridized carbons (Fsp3) is 0.304. The van der Waals surface area contributed by atoms with E-state index < -0.39 is 0 Å². The molecule has 2 amide bonds. The van der Waals surface area contributed by atoms with E-state index >= 15 is 0 Å². The Kier molecular flexibility index (Phi) is 7.60. The highest BCUT2D eigenvalue weighted by Gasteiger charge is 2.27. The number of carbonyl (C=O) groups is 2. The van der Waals surface area contributed by atoms with Crippen LogP contribution in [0.15, 0.2) is 55.1 Å². The molecule has 1 aliphatic heterocycles. The lowest BCUT2D eigenvalue weighted by Gasteiger charge is -2.32. The lowest BCUT2D eigenvalue weighted by molar-refractivity contribution is -0.121. The second-order valence-corrected chi connectivity index (χ2v) is 7.72. The molecule has 1 aliphatic rings. The lowest BCUT2D eigenvalue weighted by atomic mass is 9.96. The quantitative estimate of drug-likeness (QED) is 0.647. The molecule has 0 saturated carbocycles. The number of halogens is 2. The van der Waals surface area contributed by atoms with Crippen molar-refractivity contribution in [3.8, 4) is 0 Å². The number of rotatable bonds is 7. The molecule has 2 aromatic rings. The van der Waals surface area contributed by atoms with Gasteiger partial charge >= 0.3 is 0 Å². The number of amides is 2. The fourth-order valence-corrected chi connectivity index (χ4v) is 3.83. The summed E-state index contributed by atoms with van der Waals surface area (Å²) in [6, 6.07) is 11.5. The van der Waals surface area contributed by atoms with Crippen LogP contribution < -0.4 is 10.6 Å². The van der Waals surface area contributed by atoms with Crippen LogP contribution in [-0.2, 0) is 11.3 Å². The predicted octanol–water partition coefficient (Wildman–Crippen LogP) is 4.25. The number of benzene rings is 2. The molecule has 1 atom stereocenters.